The van der Waals surface area contributed by atoms with Crippen molar-refractivity contribution in [2.75, 3.05) is 24.5 Å². The lowest BCUT2D eigenvalue weighted by Gasteiger charge is -2.33. The smallest absolute Gasteiger partial charge is 0.316 e. The van der Waals surface area contributed by atoms with Gasteiger partial charge in [0.2, 0.25) is 0 Å². The molecule has 0 spiro atoms. The van der Waals surface area contributed by atoms with Gasteiger partial charge in [0.15, 0.2) is 0 Å². The molecule has 1 heterocycles. The number of amides is 2. The minimum absolute atomic E-state index is 0.402. The molecule has 94 valence electrons. The maximum absolute atomic E-state index is 12.0. The van der Waals surface area contributed by atoms with Crippen LogP contribution in [0.3, 0.4) is 0 Å². The van der Waals surface area contributed by atoms with E-state index in [0.29, 0.717) is 30.3 Å². The maximum Gasteiger partial charge on any atom is 0.316 e. The Bertz CT molecular complexity index is 484. The fourth-order valence-corrected chi connectivity index (χ4v) is 2.00. The Balaban J connectivity index is 2.17. The van der Waals surface area contributed by atoms with Gasteiger partial charge in [0, 0.05) is 30.3 Å². The minimum atomic E-state index is -0.509. The van der Waals surface area contributed by atoms with E-state index in [9.17, 15) is 9.59 Å². The van der Waals surface area contributed by atoms with Crippen molar-refractivity contribution in [1.29, 1.82) is 0 Å². The van der Waals surface area contributed by atoms with Gasteiger partial charge in [-0.25, -0.2) is 0 Å². The molecule has 1 aliphatic rings. The van der Waals surface area contributed by atoms with Crippen LogP contribution in [0.4, 0.5) is 5.69 Å². The summed E-state index contributed by atoms with van der Waals surface area (Å²) in [5.74, 6) is -0.999. The first kappa shape index (κ1) is 12.6. The second-order valence-corrected chi connectivity index (χ2v) is 4.41. The summed E-state index contributed by atoms with van der Waals surface area (Å²) in [6, 6.07) is 6.86. The van der Waals surface area contributed by atoms with Crippen LogP contribution in [0, 0.1) is 0 Å². The number of benzene rings is 1. The molecule has 0 N–H and O–H groups in total. The summed E-state index contributed by atoms with van der Waals surface area (Å²) in [4.78, 5) is 26.7. The number of piperazine rings is 1. The molecule has 4 nitrogen and oxygen atoms in total. The van der Waals surface area contributed by atoms with E-state index >= 15 is 0 Å². The van der Waals surface area contributed by atoms with Gasteiger partial charge in [0.25, 0.3) is 0 Å². The highest BCUT2D eigenvalue weighted by molar-refractivity contribution is 6.41. The van der Waals surface area contributed by atoms with Crippen LogP contribution in [0.1, 0.15) is 0 Å². The van der Waals surface area contributed by atoms with Crippen LogP contribution < -0.4 is 4.90 Å². The average molecular weight is 265 g/mol. The number of hydrogen-bond acceptors (Lipinski definition) is 2. The molecular weight excluding hydrogens is 252 g/mol. The number of nitrogens with zero attached hydrogens (tertiary/aromatic N) is 2. The van der Waals surface area contributed by atoms with E-state index in [-0.39, 0.29) is 0 Å². The van der Waals surface area contributed by atoms with Crippen LogP contribution in [-0.4, -0.2) is 36.3 Å². The topological polar surface area (TPSA) is 40.6 Å². The predicted octanol–water partition coefficient (Wildman–Crippen LogP) is 1.70. The minimum Gasteiger partial charge on any atom is -0.329 e. The number of carbonyl (C=O) groups is 2. The molecule has 1 aliphatic heterocycles. The van der Waals surface area contributed by atoms with Gasteiger partial charge in [-0.1, -0.05) is 17.7 Å². The van der Waals surface area contributed by atoms with Crippen LogP contribution in [0.15, 0.2) is 36.9 Å². The fraction of sp³-hybridized carbons (Fsp3) is 0.231. The molecular formula is C13H13ClN2O2. The van der Waals surface area contributed by atoms with Gasteiger partial charge < -0.3 is 9.80 Å². The third kappa shape index (κ3) is 2.38. The van der Waals surface area contributed by atoms with Crippen LogP contribution >= 0.6 is 11.6 Å². The van der Waals surface area contributed by atoms with Crippen molar-refractivity contribution in [1.82, 2.24) is 4.90 Å². The van der Waals surface area contributed by atoms with Crippen molar-refractivity contribution in [3.05, 3.63) is 41.9 Å². The molecule has 0 bridgehead atoms. The summed E-state index contributed by atoms with van der Waals surface area (Å²) < 4.78 is 0. The zero-order valence-electron chi connectivity index (χ0n) is 9.80. The third-order valence-corrected chi connectivity index (χ3v) is 3.05. The zero-order chi connectivity index (χ0) is 13.1. The van der Waals surface area contributed by atoms with Gasteiger partial charge in [-0.2, -0.15) is 0 Å². The molecule has 0 unspecified atom stereocenters. The standard InChI is InChI=1S/C13H13ClN2O2/c1-2-7-15-8-9-16(13(18)12(15)17)11-5-3-10(14)4-6-11/h2-6H,1,7-9H2. The lowest BCUT2D eigenvalue weighted by molar-refractivity contribution is -0.145. The molecule has 18 heavy (non-hydrogen) atoms. The molecule has 1 fully saturated rings. The Labute approximate surface area is 110 Å². The predicted molar refractivity (Wildman–Crippen MR) is 70.6 cm³/mol. The second-order valence-electron chi connectivity index (χ2n) is 3.97. The molecule has 1 aromatic rings. The molecule has 1 saturated heterocycles. The van der Waals surface area contributed by atoms with Gasteiger partial charge in [-0.05, 0) is 24.3 Å². The molecule has 0 saturated carbocycles. The highest BCUT2D eigenvalue weighted by Gasteiger charge is 2.32. The first-order valence-corrected chi connectivity index (χ1v) is 5.98. The molecule has 5 heteroatoms. The summed E-state index contributed by atoms with van der Waals surface area (Å²) >= 11 is 5.79. The van der Waals surface area contributed by atoms with Crippen molar-refractivity contribution in [3.63, 3.8) is 0 Å². The lowest BCUT2D eigenvalue weighted by atomic mass is 10.2. The molecule has 2 amide bonds. The number of rotatable bonds is 3. The first-order chi connectivity index (χ1) is 8.63. The largest absolute Gasteiger partial charge is 0.329 e. The SMILES string of the molecule is C=CCN1CCN(c2ccc(Cl)cc2)C(=O)C1=O. The lowest BCUT2D eigenvalue weighted by Crippen LogP contribution is -2.54. The van der Waals surface area contributed by atoms with Crippen molar-refractivity contribution >= 4 is 29.1 Å². The van der Waals surface area contributed by atoms with Crippen LogP contribution in [0.2, 0.25) is 5.02 Å². The average Bonchev–Trinajstić information content (AvgIpc) is 2.37. The van der Waals surface area contributed by atoms with E-state index in [1.165, 1.54) is 9.80 Å². The fourth-order valence-electron chi connectivity index (χ4n) is 1.87. The Morgan fingerprint density at radius 2 is 1.83 bits per heavy atom. The van der Waals surface area contributed by atoms with Crippen LogP contribution in [-0.2, 0) is 9.59 Å². The summed E-state index contributed by atoms with van der Waals surface area (Å²) in [5, 5.41) is 0.600. The first-order valence-electron chi connectivity index (χ1n) is 5.60. The van der Waals surface area contributed by atoms with Gasteiger partial charge in [0.1, 0.15) is 0 Å². The van der Waals surface area contributed by atoms with Crippen molar-refractivity contribution in [2.24, 2.45) is 0 Å². The molecule has 0 aliphatic carbocycles. The monoisotopic (exact) mass is 264 g/mol. The molecule has 0 radical (unpaired) electrons. The van der Waals surface area contributed by atoms with Crippen molar-refractivity contribution < 1.29 is 9.59 Å². The number of hydrogen-bond donors (Lipinski definition) is 0. The van der Waals surface area contributed by atoms with Crippen molar-refractivity contribution in [3.8, 4) is 0 Å². The Morgan fingerprint density at radius 3 is 2.44 bits per heavy atom. The van der Waals surface area contributed by atoms with Crippen LogP contribution in [0.25, 0.3) is 0 Å². The Hall–Kier alpha value is -1.81. The highest BCUT2D eigenvalue weighted by Crippen LogP contribution is 2.20. The maximum atomic E-state index is 12.0. The summed E-state index contributed by atoms with van der Waals surface area (Å²) in [6.45, 7) is 4.97. The van der Waals surface area contributed by atoms with E-state index in [1.54, 1.807) is 30.3 Å². The summed E-state index contributed by atoms with van der Waals surface area (Å²) in [6.07, 6.45) is 1.61. The second kappa shape index (κ2) is 5.23. The van der Waals surface area contributed by atoms with E-state index in [4.69, 9.17) is 11.6 Å². The molecule has 1 aromatic carbocycles. The van der Waals surface area contributed by atoms with Gasteiger partial charge in [-0.3, -0.25) is 9.59 Å². The molecule has 0 atom stereocenters. The number of anilines is 1. The summed E-state index contributed by atoms with van der Waals surface area (Å²) in [7, 11) is 0. The Kier molecular flexibility index (Phi) is 3.67. The Morgan fingerprint density at radius 1 is 1.17 bits per heavy atom. The van der Waals surface area contributed by atoms with Gasteiger partial charge >= 0.3 is 11.8 Å². The van der Waals surface area contributed by atoms with E-state index < -0.39 is 11.8 Å². The van der Waals surface area contributed by atoms with Gasteiger partial charge in [-0.15, -0.1) is 6.58 Å². The van der Waals surface area contributed by atoms with Crippen molar-refractivity contribution in [2.45, 2.75) is 0 Å². The van der Waals surface area contributed by atoms with E-state index in [0.717, 1.165) is 0 Å². The molecule has 2 rings (SSSR count). The van der Waals surface area contributed by atoms with Crippen LogP contribution in [0.5, 0.6) is 0 Å². The number of carbonyl (C=O) groups excluding carboxylic acids is 2. The quantitative estimate of drug-likeness (QED) is 0.616. The highest BCUT2D eigenvalue weighted by atomic mass is 35.5. The third-order valence-electron chi connectivity index (χ3n) is 2.80. The zero-order valence-corrected chi connectivity index (χ0v) is 10.6. The normalized spacial score (nSPS) is 16.1. The molecule has 0 aromatic heterocycles. The number of halogens is 1. The van der Waals surface area contributed by atoms with Gasteiger partial charge in [0.05, 0.1) is 0 Å². The van der Waals surface area contributed by atoms with E-state index in [2.05, 4.69) is 6.58 Å². The van der Waals surface area contributed by atoms with E-state index in [1.807, 2.05) is 0 Å². The summed E-state index contributed by atoms with van der Waals surface area (Å²) in [5.41, 5.74) is 0.691.